The van der Waals surface area contributed by atoms with Crippen LogP contribution in [0.5, 0.6) is 5.75 Å². The number of nitrogens with one attached hydrogen (secondary N) is 2. The largest absolute Gasteiger partial charge is 0.508 e. The molecule has 14 heteroatoms. The first-order chi connectivity index (χ1) is 22.3. The highest BCUT2D eigenvalue weighted by Crippen LogP contribution is 2.17. The quantitative estimate of drug-likeness (QED) is 0.104. The Bertz CT molecular complexity index is 1390. The number of phenols is 1. The van der Waals surface area contributed by atoms with Crippen LogP contribution in [0.15, 0.2) is 48.5 Å². The van der Waals surface area contributed by atoms with E-state index in [0.29, 0.717) is 19.3 Å². The molecule has 0 heterocycles. The first kappa shape index (κ1) is 39.0. The molecular formula is C33H47N5O8S. The Morgan fingerprint density at radius 3 is 2.28 bits per heavy atom. The number of phenolic OH excluding ortho intramolecular Hbond substituents is 1. The summed E-state index contributed by atoms with van der Waals surface area (Å²) in [6.45, 7) is 1.42. The Balaban J connectivity index is 2.25. The Hall–Kier alpha value is -4.14. The molecule has 0 aliphatic rings. The van der Waals surface area contributed by atoms with Crippen molar-refractivity contribution in [2.24, 2.45) is 11.5 Å². The number of carbonyl (C=O) groups excluding carboxylic acids is 5. The van der Waals surface area contributed by atoms with Crippen LogP contribution in [0.4, 0.5) is 0 Å². The van der Waals surface area contributed by atoms with Gasteiger partial charge in [-0.25, -0.2) is 0 Å². The maximum Gasteiger partial charge on any atom is 0.305 e. The summed E-state index contributed by atoms with van der Waals surface area (Å²) in [7, 11) is 0.124. The molecule has 0 saturated carbocycles. The fourth-order valence-corrected chi connectivity index (χ4v) is 5.41. The zero-order chi connectivity index (χ0) is 34.9. The first-order valence-electron chi connectivity index (χ1n) is 15.4. The van der Waals surface area contributed by atoms with Gasteiger partial charge in [-0.2, -0.15) is 0 Å². The lowest BCUT2D eigenvalue weighted by atomic mass is 10.0. The number of esters is 1. The molecule has 2 rings (SSSR count). The van der Waals surface area contributed by atoms with E-state index in [4.69, 9.17) is 11.5 Å². The monoisotopic (exact) mass is 673 g/mol. The SMILES string of the molecule is COC(=O)CCCCCN(C(=O)CNC(=O)[C@H](N)Cc1ccc(O)cc1C)[C@@H](Cc1ccccc1)C(=O)NC(=O)C(N)CCS(C)=O. The molecule has 13 nitrogen and oxygen atoms in total. The first-order valence-corrected chi connectivity index (χ1v) is 17.2. The molecule has 0 aromatic heterocycles. The number of ether oxygens (including phenoxy) is 1. The number of carbonyl (C=O) groups is 5. The fraction of sp³-hybridized carbons (Fsp3) is 0.485. The van der Waals surface area contributed by atoms with Gasteiger partial charge in [-0.3, -0.25) is 33.5 Å². The lowest BCUT2D eigenvalue weighted by Gasteiger charge is -2.31. The zero-order valence-electron chi connectivity index (χ0n) is 27.2. The van der Waals surface area contributed by atoms with Crippen molar-refractivity contribution in [3.63, 3.8) is 0 Å². The molecule has 4 amide bonds. The van der Waals surface area contributed by atoms with Crippen molar-refractivity contribution in [1.82, 2.24) is 15.5 Å². The van der Waals surface area contributed by atoms with Crippen LogP contribution < -0.4 is 22.1 Å². The van der Waals surface area contributed by atoms with Crippen LogP contribution >= 0.6 is 0 Å². The predicted octanol–water partition coefficient (Wildman–Crippen LogP) is 0.599. The van der Waals surface area contributed by atoms with E-state index in [1.165, 1.54) is 24.3 Å². The van der Waals surface area contributed by atoms with Crippen LogP contribution in [-0.4, -0.2) is 94.1 Å². The number of nitrogens with zero attached hydrogens (tertiary/aromatic N) is 1. The van der Waals surface area contributed by atoms with Gasteiger partial charge in [0, 0.05) is 42.2 Å². The van der Waals surface area contributed by atoms with Gasteiger partial charge in [0.05, 0.1) is 25.7 Å². The summed E-state index contributed by atoms with van der Waals surface area (Å²) in [5.41, 5.74) is 14.3. The van der Waals surface area contributed by atoms with Gasteiger partial charge in [-0.1, -0.05) is 42.8 Å². The number of hydrogen-bond acceptors (Lipinski definition) is 10. The van der Waals surface area contributed by atoms with Crippen molar-refractivity contribution in [3.05, 3.63) is 65.2 Å². The molecule has 47 heavy (non-hydrogen) atoms. The van der Waals surface area contributed by atoms with Crippen LogP contribution in [0.2, 0.25) is 0 Å². The van der Waals surface area contributed by atoms with Crippen LogP contribution in [0, 0.1) is 6.92 Å². The number of benzene rings is 2. The minimum atomic E-state index is -1.18. The van der Waals surface area contributed by atoms with Gasteiger partial charge >= 0.3 is 5.97 Å². The summed E-state index contributed by atoms with van der Waals surface area (Å²) in [6, 6.07) is 10.5. The van der Waals surface area contributed by atoms with Gasteiger partial charge in [0.25, 0.3) is 0 Å². The molecule has 0 saturated heterocycles. The number of nitrogens with two attached hydrogens (primary N) is 2. The number of rotatable bonds is 19. The highest BCUT2D eigenvalue weighted by atomic mass is 32.2. The van der Waals surface area contributed by atoms with Crippen molar-refractivity contribution in [1.29, 1.82) is 0 Å². The van der Waals surface area contributed by atoms with Gasteiger partial charge in [-0.05, 0) is 61.4 Å². The molecule has 0 radical (unpaired) electrons. The molecule has 0 aliphatic carbocycles. The Morgan fingerprint density at radius 2 is 1.64 bits per heavy atom. The van der Waals surface area contributed by atoms with Gasteiger partial charge in [0.15, 0.2) is 0 Å². The second kappa shape index (κ2) is 20.2. The average molecular weight is 674 g/mol. The highest BCUT2D eigenvalue weighted by Gasteiger charge is 2.32. The fourth-order valence-electron chi connectivity index (χ4n) is 4.82. The van der Waals surface area contributed by atoms with Crippen molar-refractivity contribution in [3.8, 4) is 5.75 Å². The molecule has 7 N–H and O–H groups in total. The minimum Gasteiger partial charge on any atom is -0.508 e. The maximum atomic E-state index is 13.7. The van der Waals surface area contributed by atoms with E-state index in [1.54, 1.807) is 49.4 Å². The number of methoxy groups -OCH3 is 1. The summed E-state index contributed by atoms with van der Waals surface area (Å²) in [5, 5.41) is 14.6. The number of unbranched alkanes of at least 4 members (excludes halogenated alkanes) is 2. The number of aryl methyl sites for hydroxylation is 1. The van der Waals surface area contributed by atoms with E-state index in [9.17, 15) is 33.3 Å². The van der Waals surface area contributed by atoms with Gasteiger partial charge in [0.1, 0.15) is 11.8 Å². The summed E-state index contributed by atoms with van der Waals surface area (Å²) < 4.78 is 16.2. The van der Waals surface area contributed by atoms with E-state index in [2.05, 4.69) is 15.4 Å². The second-order valence-corrected chi connectivity index (χ2v) is 12.9. The lowest BCUT2D eigenvalue weighted by Crippen LogP contribution is -2.56. The average Bonchev–Trinajstić information content (AvgIpc) is 3.04. The van der Waals surface area contributed by atoms with Crippen molar-refractivity contribution >= 4 is 40.4 Å². The standard InChI is InChI=1S/C33H47N5O8S/c1-22-18-25(39)14-13-24(22)20-27(35)31(42)36-21-29(40)38(16-9-5-8-12-30(41)46-2)28(19-23-10-6-4-7-11-23)33(44)37-32(43)26(34)15-17-47(3)45/h4,6-7,10-11,13-14,18,26-28,39H,5,8-9,12,15-17,19-21,34-35H2,1-3H3,(H,36,42)(H,37,43,44)/t26?,27-,28+,47?/m1/s1. The Labute approximate surface area is 278 Å². The van der Waals surface area contributed by atoms with E-state index in [1.807, 2.05) is 0 Å². The molecule has 0 aliphatic heterocycles. The summed E-state index contributed by atoms with van der Waals surface area (Å²) >= 11 is 0. The van der Waals surface area contributed by atoms with E-state index >= 15 is 0 Å². The Morgan fingerprint density at radius 1 is 0.936 bits per heavy atom. The molecule has 0 bridgehead atoms. The molecule has 2 unspecified atom stereocenters. The molecule has 4 atom stereocenters. The van der Waals surface area contributed by atoms with Gasteiger partial charge < -0.3 is 31.5 Å². The molecule has 258 valence electrons. The van der Waals surface area contributed by atoms with Crippen LogP contribution in [0.1, 0.15) is 48.8 Å². The van der Waals surface area contributed by atoms with Crippen LogP contribution in [0.25, 0.3) is 0 Å². The maximum absolute atomic E-state index is 13.7. The molecular weight excluding hydrogens is 626 g/mol. The summed E-state index contributed by atoms with van der Waals surface area (Å²) in [4.78, 5) is 65.9. The third-order valence-electron chi connectivity index (χ3n) is 7.59. The van der Waals surface area contributed by atoms with Gasteiger partial charge in [0.2, 0.25) is 23.6 Å². The third kappa shape index (κ3) is 14.0. The van der Waals surface area contributed by atoms with Crippen LogP contribution in [0.3, 0.4) is 0 Å². The topological polar surface area (TPSA) is 211 Å². The number of amides is 4. The smallest absolute Gasteiger partial charge is 0.305 e. The van der Waals surface area contributed by atoms with E-state index in [-0.39, 0.29) is 49.7 Å². The molecule has 0 spiro atoms. The van der Waals surface area contributed by atoms with Crippen LogP contribution in [-0.2, 0) is 52.4 Å². The zero-order valence-corrected chi connectivity index (χ0v) is 28.1. The normalized spacial score (nSPS) is 13.5. The summed E-state index contributed by atoms with van der Waals surface area (Å²) in [5.74, 6) is -2.75. The molecule has 2 aromatic rings. The lowest BCUT2D eigenvalue weighted by molar-refractivity contribution is -0.143. The van der Waals surface area contributed by atoms with E-state index in [0.717, 1.165) is 16.7 Å². The summed E-state index contributed by atoms with van der Waals surface area (Å²) in [6.07, 6.45) is 3.48. The molecule has 0 fully saturated rings. The van der Waals surface area contributed by atoms with Crippen molar-refractivity contribution in [2.75, 3.05) is 32.2 Å². The Kier molecular flexibility index (Phi) is 16.8. The minimum absolute atomic E-state index is 0.0651. The number of aromatic hydroxyl groups is 1. The third-order valence-corrected chi connectivity index (χ3v) is 8.41. The van der Waals surface area contributed by atoms with Crippen molar-refractivity contribution in [2.45, 2.75) is 70.0 Å². The highest BCUT2D eigenvalue weighted by molar-refractivity contribution is 7.84. The number of imide groups is 1. The number of hydrogen-bond donors (Lipinski definition) is 5. The predicted molar refractivity (Wildman–Crippen MR) is 178 cm³/mol. The van der Waals surface area contributed by atoms with Crippen molar-refractivity contribution < 1.29 is 38.0 Å². The second-order valence-electron chi connectivity index (χ2n) is 11.3. The van der Waals surface area contributed by atoms with Gasteiger partial charge in [-0.15, -0.1) is 0 Å². The van der Waals surface area contributed by atoms with E-state index < -0.39 is 59.1 Å². The molecule has 2 aromatic carbocycles.